The minimum Gasteiger partial charge on any atom is -0.496 e. The first-order valence-corrected chi connectivity index (χ1v) is 17.3. The largest absolute Gasteiger partial charge is 0.496 e. The van der Waals surface area contributed by atoms with E-state index in [9.17, 15) is 9.18 Å². The number of fused-ring (bicyclic) bond motifs is 5. The summed E-state index contributed by atoms with van der Waals surface area (Å²) in [5.74, 6) is 1.58. The Morgan fingerprint density at radius 1 is 1.08 bits per heavy atom. The summed E-state index contributed by atoms with van der Waals surface area (Å²) < 4.78 is 26.2. The molecule has 0 bridgehead atoms. The zero-order valence-electron chi connectivity index (χ0n) is 26.7. The second-order valence-electron chi connectivity index (χ2n) is 12.7. The number of nitrogens with one attached hydrogen (secondary N) is 1. The molecule has 2 atom stereocenters. The Kier molecular flexibility index (Phi) is 7.08. The number of carbonyl (C=O) groups is 1. The van der Waals surface area contributed by atoms with Gasteiger partial charge in [0.2, 0.25) is 0 Å². The van der Waals surface area contributed by atoms with E-state index < -0.39 is 0 Å². The second kappa shape index (κ2) is 11.7. The fraction of sp³-hybridized carbons (Fsp3) is 0.270. The number of pyridine rings is 2. The van der Waals surface area contributed by atoms with E-state index >= 15 is 0 Å². The summed E-state index contributed by atoms with van der Waals surface area (Å²) in [5.41, 5.74) is 12.8. The van der Waals surface area contributed by atoms with Crippen LogP contribution in [0.2, 0.25) is 0 Å². The Balaban J connectivity index is 1.20. The molecule has 9 rings (SSSR count). The van der Waals surface area contributed by atoms with Crippen molar-refractivity contribution >= 4 is 39.2 Å². The molecular formula is C37H32FN7O3S. The molecule has 49 heavy (non-hydrogen) atoms. The average Bonchev–Trinajstić information content (AvgIpc) is 3.95. The lowest BCUT2D eigenvalue weighted by molar-refractivity contribution is 0.0776. The number of amides is 1. The number of nitrogens with two attached hydrogens (primary N) is 1. The summed E-state index contributed by atoms with van der Waals surface area (Å²) in [6, 6.07) is 16.7. The number of benzene rings is 2. The summed E-state index contributed by atoms with van der Waals surface area (Å²) in [7, 11) is 1.71. The van der Waals surface area contributed by atoms with Crippen LogP contribution in [-0.2, 0) is 19.3 Å². The minimum absolute atomic E-state index is 0.0377. The molecule has 1 amide bonds. The third-order valence-corrected chi connectivity index (χ3v) is 11.2. The number of methoxy groups -OCH3 is 1. The summed E-state index contributed by atoms with van der Waals surface area (Å²) >= 11 is 1.57. The van der Waals surface area contributed by atoms with Crippen molar-refractivity contribution in [3.63, 3.8) is 0 Å². The van der Waals surface area contributed by atoms with Crippen LogP contribution in [0, 0.1) is 5.82 Å². The number of aromatic nitrogens is 4. The summed E-state index contributed by atoms with van der Waals surface area (Å²) in [6.07, 6.45) is 6.55. The number of rotatable bonds is 8. The second-order valence-corrected chi connectivity index (χ2v) is 13.8. The van der Waals surface area contributed by atoms with Crippen molar-refractivity contribution in [2.24, 2.45) is 0 Å². The van der Waals surface area contributed by atoms with Gasteiger partial charge >= 0.3 is 6.01 Å². The fourth-order valence-electron chi connectivity index (χ4n) is 7.77. The van der Waals surface area contributed by atoms with Gasteiger partial charge in [-0.2, -0.15) is 0 Å². The standard InChI is InChI=1S/C37H32FN7O3S/c1-47-27-6-2-4-22-23(27)12-14-24(22)42-34-33-20(15-16-40-34)18-28(49-33)30-29(35-43-44-37(39)48-35)25(13-9-19-7-10-21(38)11-8-19)41-32-26-5-3-17-45(26)36(46)31(30)32/h2,4,6-8,10-11,15-16,18,24,26H,3,5,9,12-14,17H2,1H3,(H2,39,44)(H,40,42)/t24-,26?/m0/s1. The Hall–Kier alpha value is -5.36. The van der Waals surface area contributed by atoms with Gasteiger partial charge in [0.15, 0.2) is 0 Å². The predicted octanol–water partition coefficient (Wildman–Crippen LogP) is 7.31. The van der Waals surface area contributed by atoms with Gasteiger partial charge in [0, 0.05) is 23.2 Å². The van der Waals surface area contributed by atoms with Gasteiger partial charge in [0.25, 0.3) is 11.8 Å². The van der Waals surface area contributed by atoms with Gasteiger partial charge in [-0.3, -0.25) is 9.78 Å². The van der Waals surface area contributed by atoms with E-state index in [0.29, 0.717) is 30.5 Å². The molecule has 6 aromatic rings. The molecule has 0 saturated carbocycles. The number of anilines is 2. The predicted molar refractivity (Wildman–Crippen MR) is 185 cm³/mol. The van der Waals surface area contributed by atoms with E-state index in [2.05, 4.69) is 27.6 Å². The van der Waals surface area contributed by atoms with Gasteiger partial charge in [0.1, 0.15) is 17.4 Å². The molecule has 3 aliphatic rings. The van der Waals surface area contributed by atoms with E-state index in [4.69, 9.17) is 24.9 Å². The molecule has 2 aromatic carbocycles. The van der Waals surface area contributed by atoms with E-state index in [1.54, 1.807) is 30.6 Å². The third-order valence-electron chi connectivity index (χ3n) is 10.0. The molecule has 3 N–H and O–H groups in total. The molecule has 1 fully saturated rings. The molecule has 1 saturated heterocycles. The molecule has 0 spiro atoms. The van der Waals surface area contributed by atoms with E-state index in [-0.39, 0.29) is 35.7 Å². The van der Waals surface area contributed by atoms with E-state index in [0.717, 1.165) is 74.7 Å². The first kappa shape index (κ1) is 29.8. The molecule has 12 heteroatoms. The van der Waals surface area contributed by atoms with Crippen LogP contribution in [0.1, 0.15) is 69.8 Å². The smallest absolute Gasteiger partial charge is 0.313 e. The Labute approximate surface area is 285 Å². The van der Waals surface area contributed by atoms with Crippen LogP contribution in [0.15, 0.2) is 65.2 Å². The average molecular weight is 674 g/mol. The monoisotopic (exact) mass is 673 g/mol. The van der Waals surface area contributed by atoms with Gasteiger partial charge < -0.3 is 25.1 Å². The maximum absolute atomic E-state index is 14.2. The van der Waals surface area contributed by atoms with Gasteiger partial charge in [-0.1, -0.05) is 29.4 Å². The van der Waals surface area contributed by atoms with Crippen LogP contribution >= 0.6 is 11.3 Å². The molecule has 1 unspecified atom stereocenters. The summed E-state index contributed by atoms with van der Waals surface area (Å²) in [5, 5.41) is 13.0. The third kappa shape index (κ3) is 4.92. The number of halogens is 1. The van der Waals surface area contributed by atoms with Crippen LogP contribution in [0.3, 0.4) is 0 Å². The molecule has 1 aliphatic carbocycles. The Morgan fingerprint density at radius 2 is 1.96 bits per heavy atom. The zero-order valence-corrected chi connectivity index (χ0v) is 27.5. The van der Waals surface area contributed by atoms with Crippen molar-refractivity contribution in [1.82, 2.24) is 25.1 Å². The number of hydrogen-bond acceptors (Lipinski definition) is 10. The van der Waals surface area contributed by atoms with E-state index in [1.165, 1.54) is 23.3 Å². The highest BCUT2D eigenvalue weighted by molar-refractivity contribution is 7.23. The molecule has 4 aromatic heterocycles. The molecule has 10 nitrogen and oxygen atoms in total. The number of thiophene rings is 1. The van der Waals surface area contributed by atoms with Crippen molar-refractivity contribution in [2.45, 2.75) is 50.6 Å². The van der Waals surface area contributed by atoms with Gasteiger partial charge in [-0.05, 0) is 90.9 Å². The number of hydrogen-bond donors (Lipinski definition) is 2. The number of ether oxygens (including phenoxy) is 1. The zero-order chi connectivity index (χ0) is 33.2. The molecule has 6 heterocycles. The highest BCUT2D eigenvalue weighted by Gasteiger charge is 2.45. The van der Waals surface area contributed by atoms with Crippen molar-refractivity contribution in [3.8, 4) is 27.6 Å². The van der Waals surface area contributed by atoms with Crippen LogP contribution in [0.5, 0.6) is 5.75 Å². The van der Waals surface area contributed by atoms with E-state index in [1.807, 2.05) is 29.3 Å². The maximum atomic E-state index is 14.2. The highest BCUT2D eigenvalue weighted by Crippen LogP contribution is 2.51. The first-order valence-electron chi connectivity index (χ1n) is 16.5. The van der Waals surface area contributed by atoms with Crippen molar-refractivity contribution in [1.29, 1.82) is 0 Å². The van der Waals surface area contributed by atoms with Crippen LogP contribution in [-0.4, -0.2) is 44.6 Å². The molecule has 0 radical (unpaired) electrons. The van der Waals surface area contributed by atoms with Crippen LogP contribution < -0.4 is 15.8 Å². The summed E-state index contributed by atoms with van der Waals surface area (Å²) in [6.45, 7) is 0.686. The number of nitrogen functional groups attached to an aromatic ring is 1. The number of nitrogens with zero attached hydrogens (tertiary/aromatic N) is 5. The van der Waals surface area contributed by atoms with Crippen LogP contribution in [0.25, 0.3) is 32.0 Å². The molecule has 2 aliphatic heterocycles. The number of carbonyl (C=O) groups excluding carboxylic acids is 1. The highest BCUT2D eigenvalue weighted by atomic mass is 32.1. The summed E-state index contributed by atoms with van der Waals surface area (Å²) in [4.78, 5) is 27.0. The lowest BCUT2D eigenvalue weighted by atomic mass is 9.93. The Bertz CT molecular complexity index is 2270. The van der Waals surface area contributed by atoms with Gasteiger partial charge in [0.05, 0.1) is 46.4 Å². The van der Waals surface area contributed by atoms with Gasteiger partial charge in [-0.15, -0.1) is 16.4 Å². The van der Waals surface area contributed by atoms with Crippen LogP contribution in [0.4, 0.5) is 16.2 Å². The lowest BCUT2D eigenvalue weighted by Crippen LogP contribution is -2.22. The number of aryl methyl sites for hydroxylation is 2. The van der Waals surface area contributed by atoms with Crippen molar-refractivity contribution < 1.29 is 18.3 Å². The molecular weight excluding hydrogens is 642 g/mol. The lowest BCUT2D eigenvalue weighted by Gasteiger charge is -2.16. The maximum Gasteiger partial charge on any atom is 0.313 e. The van der Waals surface area contributed by atoms with Crippen molar-refractivity contribution in [3.05, 3.63) is 100 Å². The van der Waals surface area contributed by atoms with Crippen molar-refractivity contribution in [2.75, 3.05) is 24.7 Å². The minimum atomic E-state index is -0.284. The quantitative estimate of drug-likeness (QED) is 0.171. The molecule has 246 valence electrons. The first-order chi connectivity index (χ1) is 24.0. The SMILES string of the molecule is COc1cccc2c1CC[C@@H]2Nc1nccc2cc(-c3c4c(nc(CCc5ccc(F)cc5)c3-c3nnc(N)o3)C3CCCN3C4=O)sc12. The normalized spacial score (nSPS) is 17.8. The Morgan fingerprint density at radius 3 is 2.78 bits per heavy atom. The fourth-order valence-corrected chi connectivity index (χ4v) is 8.94. The van der Waals surface area contributed by atoms with Gasteiger partial charge in [-0.25, -0.2) is 9.37 Å². The topological polar surface area (TPSA) is 132 Å².